The van der Waals surface area contributed by atoms with E-state index in [1.165, 1.54) is 32.4 Å². The van der Waals surface area contributed by atoms with E-state index in [1.807, 2.05) is 0 Å². The molecule has 0 unspecified atom stereocenters. The van der Waals surface area contributed by atoms with Crippen LogP contribution in [0.3, 0.4) is 0 Å². The van der Waals surface area contributed by atoms with Crippen molar-refractivity contribution in [3.8, 4) is 11.5 Å². The zero-order valence-electron chi connectivity index (χ0n) is 16.4. The molecule has 10 heteroatoms. The number of fused-ring (bicyclic) bond motifs is 1. The summed E-state index contributed by atoms with van der Waals surface area (Å²) in [4.78, 5) is 14.7. The van der Waals surface area contributed by atoms with E-state index in [9.17, 15) is 22.7 Å². The molecule has 0 radical (unpaired) electrons. The van der Waals surface area contributed by atoms with Gasteiger partial charge in [0, 0.05) is 30.1 Å². The van der Waals surface area contributed by atoms with Gasteiger partial charge in [-0.1, -0.05) is 12.1 Å². The molecule has 160 valence electrons. The molecule has 2 N–H and O–H groups in total. The molecule has 1 heterocycles. The molecule has 0 spiro atoms. The third-order valence-electron chi connectivity index (χ3n) is 4.58. The van der Waals surface area contributed by atoms with Gasteiger partial charge in [0.2, 0.25) is 10.0 Å². The number of sulfonamides is 1. The van der Waals surface area contributed by atoms with Crippen LogP contribution in [0.25, 0.3) is 10.9 Å². The molecule has 0 saturated carbocycles. The van der Waals surface area contributed by atoms with Gasteiger partial charge in [-0.25, -0.2) is 12.8 Å². The number of benzene rings is 2. The maximum atomic E-state index is 14.1. The molecule has 0 fully saturated rings. The summed E-state index contributed by atoms with van der Waals surface area (Å²) in [6.07, 6.45) is 0. The van der Waals surface area contributed by atoms with E-state index in [2.05, 4.69) is 4.98 Å². The summed E-state index contributed by atoms with van der Waals surface area (Å²) >= 11 is 0. The number of nitrogens with zero attached hydrogens (tertiary/aromatic N) is 1. The third kappa shape index (κ3) is 4.16. The number of rotatable bonds is 8. The Morgan fingerprint density at radius 3 is 2.40 bits per heavy atom. The van der Waals surface area contributed by atoms with E-state index in [0.29, 0.717) is 22.4 Å². The number of hydrogen-bond donors (Lipinski definition) is 2. The monoisotopic (exact) mass is 436 g/mol. The maximum absolute atomic E-state index is 14.1. The van der Waals surface area contributed by atoms with Gasteiger partial charge in [0.15, 0.2) is 11.5 Å². The highest BCUT2D eigenvalue weighted by Gasteiger charge is 2.28. The predicted octanol–water partition coefficient (Wildman–Crippen LogP) is 1.87. The van der Waals surface area contributed by atoms with Crippen LogP contribution in [0.4, 0.5) is 4.39 Å². The first-order valence-electron chi connectivity index (χ1n) is 8.95. The fourth-order valence-corrected chi connectivity index (χ4v) is 4.55. The lowest BCUT2D eigenvalue weighted by Gasteiger charge is -2.21. The topological polar surface area (TPSA) is 109 Å². The largest absolute Gasteiger partial charge is 0.493 e. The van der Waals surface area contributed by atoms with Crippen molar-refractivity contribution >= 4 is 20.9 Å². The smallest absolute Gasteiger partial charge is 0.252 e. The molecule has 0 saturated heterocycles. The van der Waals surface area contributed by atoms with Crippen molar-refractivity contribution in [3.05, 3.63) is 64.2 Å². The highest BCUT2D eigenvalue weighted by Crippen LogP contribution is 2.31. The van der Waals surface area contributed by atoms with Crippen molar-refractivity contribution < 1.29 is 27.4 Å². The van der Waals surface area contributed by atoms with E-state index in [0.717, 1.165) is 16.4 Å². The van der Waals surface area contributed by atoms with E-state index in [-0.39, 0.29) is 18.7 Å². The first-order chi connectivity index (χ1) is 14.3. The van der Waals surface area contributed by atoms with Gasteiger partial charge in [-0.2, -0.15) is 4.31 Å². The minimum absolute atomic E-state index is 0.128. The molecule has 0 amide bonds. The van der Waals surface area contributed by atoms with Gasteiger partial charge in [-0.05, 0) is 24.3 Å². The Kier molecular flexibility index (Phi) is 6.40. The van der Waals surface area contributed by atoms with Crippen molar-refractivity contribution in [1.82, 2.24) is 9.29 Å². The summed E-state index contributed by atoms with van der Waals surface area (Å²) in [5.74, 6) is -0.0451. The van der Waals surface area contributed by atoms with Crippen LogP contribution < -0.4 is 15.0 Å². The number of halogens is 1. The van der Waals surface area contributed by atoms with Crippen LogP contribution in [0, 0.1) is 5.82 Å². The Bertz CT molecular complexity index is 1230. The zero-order valence-corrected chi connectivity index (χ0v) is 17.2. The lowest BCUT2D eigenvalue weighted by atomic mass is 10.1. The average molecular weight is 436 g/mol. The second kappa shape index (κ2) is 8.82. The summed E-state index contributed by atoms with van der Waals surface area (Å²) in [6, 6.07) is 9.72. The van der Waals surface area contributed by atoms with Crippen LogP contribution in [-0.2, 0) is 16.6 Å². The van der Waals surface area contributed by atoms with Crippen LogP contribution in [0.15, 0.2) is 52.2 Å². The van der Waals surface area contributed by atoms with Gasteiger partial charge in [-0.15, -0.1) is 0 Å². The maximum Gasteiger partial charge on any atom is 0.252 e. The number of methoxy groups -OCH3 is 2. The molecule has 3 aromatic rings. The van der Waals surface area contributed by atoms with E-state index < -0.39 is 32.9 Å². The summed E-state index contributed by atoms with van der Waals surface area (Å²) < 4.78 is 51.3. The number of hydrogen-bond acceptors (Lipinski definition) is 6. The van der Waals surface area contributed by atoms with Crippen molar-refractivity contribution in [2.24, 2.45) is 0 Å². The van der Waals surface area contributed by atoms with Crippen molar-refractivity contribution in [3.63, 3.8) is 0 Å². The molecule has 0 aliphatic heterocycles. The fraction of sp³-hybridized carbons (Fsp3) is 0.250. The SMILES string of the molecule is COc1cc2cc(CN(CCO)S(=O)(=O)c3ccccc3F)c(=O)[nH]c2cc1OC. The van der Waals surface area contributed by atoms with Gasteiger partial charge in [-0.3, -0.25) is 4.79 Å². The highest BCUT2D eigenvalue weighted by atomic mass is 32.2. The van der Waals surface area contributed by atoms with Crippen LogP contribution in [0.1, 0.15) is 5.56 Å². The number of pyridine rings is 1. The van der Waals surface area contributed by atoms with Crippen molar-refractivity contribution in [1.29, 1.82) is 0 Å². The normalized spacial score (nSPS) is 11.8. The molecule has 30 heavy (non-hydrogen) atoms. The molecule has 0 aliphatic rings. The number of aromatic amines is 1. The number of aromatic nitrogens is 1. The van der Waals surface area contributed by atoms with Crippen LogP contribution in [0.2, 0.25) is 0 Å². The Hall–Kier alpha value is -2.95. The Morgan fingerprint density at radius 2 is 1.77 bits per heavy atom. The highest BCUT2D eigenvalue weighted by molar-refractivity contribution is 7.89. The summed E-state index contributed by atoms with van der Waals surface area (Å²) in [5, 5.41) is 9.94. The number of aliphatic hydroxyl groups excluding tert-OH is 1. The van der Waals surface area contributed by atoms with Gasteiger partial charge in [0.1, 0.15) is 10.7 Å². The lowest BCUT2D eigenvalue weighted by Crippen LogP contribution is -2.35. The minimum atomic E-state index is -4.28. The second-order valence-electron chi connectivity index (χ2n) is 6.41. The molecule has 0 atom stereocenters. The van der Waals surface area contributed by atoms with E-state index in [1.54, 1.807) is 12.1 Å². The zero-order chi connectivity index (χ0) is 21.9. The van der Waals surface area contributed by atoms with Crippen LogP contribution in [-0.4, -0.2) is 50.2 Å². The molecule has 3 rings (SSSR count). The molecule has 0 bridgehead atoms. The number of nitrogens with one attached hydrogen (secondary N) is 1. The number of ether oxygens (including phenoxy) is 2. The van der Waals surface area contributed by atoms with Gasteiger partial charge in [0.25, 0.3) is 5.56 Å². The van der Waals surface area contributed by atoms with Crippen LogP contribution in [0.5, 0.6) is 11.5 Å². The summed E-state index contributed by atoms with van der Waals surface area (Å²) in [6.45, 7) is -1.15. The standard InChI is InChI=1S/C20H21FN2O6S/c1-28-17-10-13-9-14(20(25)22-16(13)11-18(17)29-2)12-23(7-8-24)30(26,27)19-6-4-3-5-15(19)21/h3-6,9-11,24H,7-8,12H2,1-2H3,(H,22,25). The van der Waals surface area contributed by atoms with Crippen LogP contribution >= 0.6 is 0 Å². The van der Waals surface area contributed by atoms with Gasteiger partial charge in [0.05, 0.1) is 26.3 Å². The second-order valence-corrected chi connectivity index (χ2v) is 8.32. The molecular formula is C20H21FN2O6S. The summed E-state index contributed by atoms with van der Waals surface area (Å²) in [5.41, 5.74) is 0.0940. The van der Waals surface area contributed by atoms with Crippen molar-refractivity contribution in [2.45, 2.75) is 11.4 Å². The first kappa shape index (κ1) is 21.8. The average Bonchev–Trinajstić information content (AvgIpc) is 2.73. The number of H-pyrrole nitrogens is 1. The molecule has 2 aromatic carbocycles. The van der Waals surface area contributed by atoms with Gasteiger partial charge < -0.3 is 19.6 Å². The Morgan fingerprint density at radius 1 is 1.10 bits per heavy atom. The molecular weight excluding hydrogens is 415 g/mol. The fourth-order valence-electron chi connectivity index (χ4n) is 3.07. The molecule has 1 aromatic heterocycles. The third-order valence-corrected chi connectivity index (χ3v) is 6.45. The lowest BCUT2D eigenvalue weighted by molar-refractivity contribution is 0.250. The number of aliphatic hydroxyl groups is 1. The Balaban J connectivity index is 2.06. The Labute approximate surface area is 172 Å². The minimum Gasteiger partial charge on any atom is -0.493 e. The van der Waals surface area contributed by atoms with Gasteiger partial charge >= 0.3 is 0 Å². The summed E-state index contributed by atoms with van der Waals surface area (Å²) in [7, 11) is -1.34. The molecule has 8 nitrogen and oxygen atoms in total. The quantitative estimate of drug-likeness (QED) is 0.558. The van der Waals surface area contributed by atoms with Crippen molar-refractivity contribution in [2.75, 3.05) is 27.4 Å². The van der Waals surface area contributed by atoms with E-state index >= 15 is 0 Å². The predicted molar refractivity (Wildman–Crippen MR) is 109 cm³/mol. The first-order valence-corrected chi connectivity index (χ1v) is 10.4. The molecule has 0 aliphatic carbocycles. The van der Waals surface area contributed by atoms with E-state index in [4.69, 9.17) is 9.47 Å².